The van der Waals surface area contributed by atoms with E-state index < -0.39 is 10.9 Å². The normalized spacial score (nSPS) is 14.2. The molecule has 0 unspecified atom stereocenters. The Morgan fingerprint density at radius 1 is 1.06 bits per heavy atom. The Morgan fingerprint density at radius 2 is 1.81 bits per heavy atom. The van der Waals surface area contributed by atoms with Gasteiger partial charge < -0.3 is 9.47 Å². The van der Waals surface area contributed by atoms with Gasteiger partial charge in [0.25, 0.3) is 5.69 Å². The van der Waals surface area contributed by atoms with Gasteiger partial charge in [-0.15, -0.1) is 0 Å². The van der Waals surface area contributed by atoms with Crippen LogP contribution in [0.4, 0.5) is 5.69 Å². The highest BCUT2D eigenvalue weighted by atomic mass is 16.6. The van der Waals surface area contributed by atoms with Gasteiger partial charge in [0.1, 0.15) is 12.4 Å². The van der Waals surface area contributed by atoms with Crippen molar-refractivity contribution in [2.45, 2.75) is 20.5 Å². The molecule has 0 aromatic heterocycles. The largest absolute Gasteiger partial charge is 0.488 e. The number of para-hydroxylation sites is 1. The number of nitro groups is 1. The van der Waals surface area contributed by atoms with Crippen LogP contribution in [-0.4, -0.2) is 16.8 Å². The van der Waals surface area contributed by atoms with Crippen LogP contribution in [0.3, 0.4) is 0 Å². The topological polar surface area (TPSA) is 91.0 Å². The Bertz CT molecular complexity index is 1260. The van der Waals surface area contributed by atoms with Crippen molar-refractivity contribution in [2.75, 3.05) is 0 Å². The van der Waals surface area contributed by atoms with Crippen LogP contribution in [0.1, 0.15) is 27.8 Å². The van der Waals surface area contributed by atoms with Crippen molar-refractivity contribution >= 4 is 23.6 Å². The summed E-state index contributed by atoms with van der Waals surface area (Å²) in [6.07, 6.45) is 1.61. The number of benzene rings is 3. The molecule has 4 rings (SSSR count). The zero-order chi connectivity index (χ0) is 22.7. The van der Waals surface area contributed by atoms with E-state index in [2.05, 4.69) is 4.99 Å². The first-order chi connectivity index (χ1) is 15.4. The van der Waals surface area contributed by atoms with Crippen LogP contribution < -0.4 is 4.74 Å². The molecule has 0 saturated heterocycles. The second kappa shape index (κ2) is 8.85. The lowest BCUT2D eigenvalue weighted by Crippen LogP contribution is -2.06. The Hall–Kier alpha value is -4.26. The quantitative estimate of drug-likeness (QED) is 0.235. The Labute approximate surface area is 184 Å². The van der Waals surface area contributed by atoms with E-state index in [4.69, 9.17) is 9.47 Å². The van der Waals surface area contributed by atoms with Crippen molar-refractivity contribution in [3.63, 3.8) is 0 Å². The summed E-state index contributed by atoms with van der Waals surface area (Å²) in [4.78, 5) is 27.3. The van der Waals surface area contributed by atoms with Gasteiger partial charge >= 0.3 is 5.97 Å². The van der Waals surface area contributed by atoms with Gasteiger partial charge in [-0.25, -0.2) is 9.79 Å². The van der Waals surface area contributed by atoms with Gasteiger partial charge in [0, 0.05) is 22.8 Å². The maximum atomic E-state index is 12.4. The van der Waals surface area contributed by atoms with Gasteiger partial charge in [0.15, 0.2) is 5.70 Å². The van der Waals surface area contributed by atoms with Gasteiger partial charge in [0.05, 0.1) is 4.92 Å². The number of cyclic esters (lactones) is 1. The van der Waals surface area contributed by atoms with E-state index in [0.717, 1.165) is 5.56 Å². The zero-order valence-electron chi connectivity index (χ0n) is 17.6. The van der Waals surface area contributed by atoms with Crippen LogP contribution in [0.25, 0.3) is 6.08 Å². The lowest BCUT2D eigenvalue weighted by atomic mass is 10.1. The van der Waals surface area contributed by atoms with Crippen LogP contribution in [-0.2, 0) is 16.1 Å². The lowest BCUT2D eigenvalue weighted by molar-refractivity contribution is -0.385. The summed E-state index contributed by atoms with van der Waals surface area (Å²) < 4.78 is 11.3. The van der Waals surface area contributed by atoms with E-state index in [1.54, 1.807) is 19.1 Å². The monoisotopic (exact) mass is 428 g/mol. The van der Waals surface area contributed by atoms with Crippen molar-refractivity contribution in [3.05, 3.63) is 110 Å². The van der Waals surface area contributed by atoms with Gasteiger partial charge in [-0.2, -0.15) is 0 Å². The van der Waals surface area contributed by atoms with E-state index in [-0.39, 0.29) is 17.3 Å². The first kappa shape index (κ1) is 21.0. The van der Waals surface area contributed by atoms with E-state index in [1.807, 2.05) is 55.5 Å². The fraction of sp³-hybridized carbons (Fsp3) is 0.120. The molecule has 0 bridgehead atoms. The molecule has 0 spiro atoms. The molecule has 7 heteroatoms. The Kier molecular flexibility index (Phi) is 5.81. The highest BCUT2D eigenvalue weighted by Crippen LogP contribution is 2.27. The zero-order valence-corrected chi connectivity index (χ0v) is 17.6. The van der Waals surface area contributed by atoms with Crippen molar-refractivity contribution in [1.82, 2.24) is 0 Å². The number of carbonyl (C=O) groups excluding carboxylic acids is 1. The third-order valence-corrected chi connectivity index (χ3v) is 4.99. The van der Waals surface area contributed by atoms with Gasteiger partial charge in [0.2, 0.25) is 5.90 Å². The number of hydrogen-bond donors (Lipinski definition) is 0. The van der Waals surface area contributed by atoms with Crippen LogP contribution in [0.2, 0.25) is 0 Å². The average Bonchev–Trinajstić information content (AvgIpc) is 3.14. The molecule has 3 aromatic rings. The fourth-order valence-corrected chi connectivity index (χ4v) is 3.25. The SMILES string of the molecule is Cc1ccc(COc2ccccc2/C=C2\N=C(c3ccc([N+](=O)[O-])c(C)c3)OC2=O)cc1. The third-order valence-electron chi connectivity index (χ3n) is 4.99. The van der Waals surface area contributed by atoms with E-state index in [0.29, 0.717) is 29.0 Å². The molecule has 32 heavy (non-hydrogen) atoms. The maximum absolute atomic E-state index is 12.4. The molecule has 0 N–H and O–H groups in total. The summed E-state index contributed by atoms with van der Waals surface area (Å²) in [6, 6.07) is 19.9. The first-order valence-electron chi connectivity index (χ1n) is 9.96. The Morgan fingerprint density at radius 3 is 2.53 bits per heavy atom. The average molecular weight is 428 g/mol. The predicted molar refractivity (Wildman–Crippen MR) is 120 cm³/mol. The van der Waals surface area contributed by atoms with E-state index in [9.17, 15) is 14.9 Å². The molecule has 0 radical (unpaired) electrons. The Balaban J connectivity index is 1.58. The molecule has 7 nitrogen and oxygen atoms in total. The number of carbonyl (C=O) groups is 1. The van der Waals surface area contributed by atoms with Gasteiger partial charge in [-0.05, 0) is 43.7 Å². The van der Waals surface area contributed by atoms with Crippen LogP contribution in [0.5, 0.6) is 5.75 Å². The molecule has 3 aromatic carbocycles. The van der Waals surface area contributed by atoms with Crippen LogP contribution >= 0.6 is 0 Å². The number of nitro benzene ring substituents is 1. The molecule has 1 aliphatic rings. The molecular formula is C25H20N2O5. The minimum Gasteiger partial charge on any atom is -0.488 e. The number of ether oxygens (including phenoxy) is 2. The molecule has 0 saturated carbocycles. The van der Waals surface area contributed by atoms with Gasteiger partial charge in [-0.3, -0.25) is 10.1 Å². The predicted octanol–water partition coefficient (Wildman–Crippen LogP) is 5.14. The summed E-state index contributed by atoms with van der Waals surface area (Å²) in [5.41, 5.74) is 3.97. The number of esters is 1. The molecule has 0 amide bonds. The summed E-state index contributed by atoms with van der Waals surface area (Å²) in [7, 11) is 0. The maximum Gasteiger partial charge on any atom is 0.363 e. The van der Waals surface area contributed by atoms with Crippen molar-refractivity contribution in [3.8, 4) is 5.75 Å². The minimum atomic E-state index is -0.593. The molecule has 0 fully saturated rings. The molecule has 160 valence electrons. The third kappa shape index (κ3) is 4.57. The lowest BCUT2D eigenvalue weighted by Gasteiger charge is -2.09. The second-order valence-corrected chi connectivity index (χ2v) is 7.41. The van der Waals surface area contributed by atoms with Gasteiger partial charge in [-0.1, -0.05) is 48.0 Å². The minimum absolute atomic E-state index is 0.00547. The fourth-order valence-electron chi connectivity index (χ4n) is 3.25. The number of aryl methyl sites for hydroxylation is 2. The standard InChI is InChI=1S/C25H20N2O5/c1-16-7-9-18(10-8-16)15-31-23-6-4-3-5-19(23)14-21-25(28)32-24(26-21)20-11-12-22(27(29)30)17(2)13-20/h3-14H,15H2,1-2H3/b21-14-. The highest BCUT2D eigenvalue weighted by Gasteiger charge is 2.25. The van der Waals surface area contributed by atoms with Crippen molar-refractivity contribution in [1.29, 1.82) is 0 Å². The van der Waals surface area contributed by atoms with E-state index >= 15 is 0 Å². The van der Waals surface area contributed by atoms with Crippen LogP contribution in [0.15, 0.2) is 77.4 Å². The second-order valence-electron chi connectivity index (χ2n) is 7.41. The summed E-state index contributed by atoms with van der Waals surface area (Å²) >= 11 is 0. The molecule has 1 heterocycles. The number of hydrogen-bond acceptors (Lipinski definition) is 6. The number of nitrogens with zero attached hydrogens (tertiary/aromatic N) is 2. The number of aliphatic imine (C=N–C) groups is 1. The molecule has 0 atom stereocenters. The molecule has 1 aliphatic heterocycles. The molecule has 0 aliphatic carbocycles. The summed E-state index contributed by atoms with van der Waals surface area (Å²) in [5.74, 6) is 0.129. The first-order valence-corrected chi connectivity index (χ1v) is 9.96. The van der Waals surface area contributed by atoms with E-state index in [1.165, 1.54) is 17.7 Å². The smallest absolute Gasteiger partial charge is 0.363 e. The number of rotatable bonds is 6. The van der Waals surface area contributed by atoms with Crippen LogP contribution in [0, 0.1) is 24.0 Å². The summed E-state index contributed by atoms with van der Waals surface area (Å²) in [6.45, 7) is 4.04. The molecular weight excluding hydrogens is 408 g/mol. The summed E-state index contributed by atoms with van der Waals surface area (Å²) in [5, 5.41) is 11.0. The van der Waals surface area contributed by atoms with Crippen molar-refractivity contribution in [2.24, 2.45) is 4.99 Å². The van der Waals surface area contributed by atoms with Crippen molar-refractivity contribution < 1.29 is 19.2 Å². The highest BCUT2D eigenvalue weighted by molar-refractivity contribution is 6.13.